The van der Waals surface area contributed by atoms with Gasteiger partial charge in [-0.05, 0) is 18.2 Å². The molecule has 8 nitrogen and oxygen atoms in total. The molecular formula is C20H24N4O4. The van der Waals surface area contributed by atoms with Gasteiger partial charge in [-0.25, -0.2) is 4.98 Å². The molecule has 0 radical (unpaired) electrons. The number of aromatic nitrogens is 2. The predicted octanol–water partition coefficient (Wildman–Crippen LogP) is 2.75. The van der Waals surface area contributed by atoms with E-state index in [2.05, 4.69) is 9.97 Å². The van der Waals surface area contributed by atoms with Gasteiger partial charge in [0.1, 0.15) is 12.4 Å². The number of ether oxygens (including phenoxy) is 4. The zero-order chi connectivity index (χ0) is 20.1. The molecule has 0 saturated carbocycles. The number of nitrogen functional groups attached to an aromatic ring is 1. The van der Waals surface area contributed by atoms with Gasteiger partial charge in [-0.2, -0.15) is 4.98 Å². The van der Waals surface area contributed by atoms with Crippen molar-refractivity contribution in [2.45, 2.75) is 0 Å². The Bertz CT molecular complexity index is 964. The molecule has 0 aliphatic rings. The summed E-state index contributed by atoms with van der Waals surface area (Å²) in [5.74, 6) is 3.42. The summed E-state index contributed by atoms with van der Waals surface area (Å²) in [6.07, 6.45) is 0. The number of likely N-dealkylation sites (N-methyl/N-ethyl adjacent to an activating group) is 1. The highest BCUT2D eigenvalue weighted by Crippen LogP contribution is 2.34. The van der Waals surface area contributed by atoms with Crippen LogP contribution >= 0.6 is 0 Å². The first-order valence-electron chi connectivity index (χ1n) is 8.73. The third-order valence-electron chi connectivity index (χ3n) is 4.31. The number of fused-ring (bicyclic) bond motifs is 1. The Kier molecular flexibility index (Phi) is 5.88. The van der Waals surface area contributed by atoms with Crippen molar-refractivity contribution < 1.29 is 18.9 Å². The summed E-state index contributed by atoms with van der Waals surface area (Å²) in [4.78, 5) is 10.9. The Labute approximate surface area is 163 Å². The lowest BCUT2D eigenvalue weighted by Gasteiger charge is -2.19. The van der Waals surface area contributed by atoms with E-state index in [1.165, 1.54) is 0 Å². The minimum atomic E-state index is 0.374. The molecular weight excluding hydrogens is 360 g/mol. The predicted molar refractivity (Wildman–Crippen MR) is 109 cm³/mol. The van der Waals surface area contributed by atoms with E-state index in [1.54, 1.807) is 33.5 Å². The zero-order valence-corrected chi connectivity index (χ0v) is 16.4. The fourth-order valence-electron chi connectivity index (χ4n) is 2.77. The molecule has 8 heteroatoms. The molecule has 0 aliphatic carbocycles. The van der Waals surface area contributed by atoms with Crippen LogP contribution in [-0.4, -0.2) is 51.5 Å². The Hall–Kier alpha value is -3.42. The van der Waals surface area contributed by atoms with Crippen LogP contribution in [0.1, 0.15) is 0 Å². The summed E-state index contributed by atoms with van der Waals surface area (Å²) in [7, 11) is 6.65. The molecule has 0 unspecified atom stereocenters. The van der Waals surface area contributed by atoms with Crippen molar-refractivity contribution in [1.82, 2.24) is 9.97 Å². The third-order valence-corrected chi connectivity index (χ3v) is 4.31. The van der Waals surface area contributed by atoms with E-state index >= 15 is 0 Å². The summed E-state index contributed by atoms with van der Waals surface area (Å²) in [6.45, 7) is 1.00. The lowest BCUT2D eigenvalue weighted by atomic mass is 10.2. The van der Waals surface area contributed by atoms with Gasteiger partial charge in [-0.3, -0.25) is 0 Å². The smallest absolute Gasteiger partial charge is 0.227 e. The Balaban J connectivity index is 1.77. The van der Waals surface area contributed by atoms with E-state index in [1.807, 2.05) is 36.2 Å². The first kappa shape index (κ1) is 19.3. The number of benzene rings is 2. The SMILES string of the molecule is COc1cc2nc(N(C)CCOc3ccccc3OC)nc(N)c2cc1OC. The average Bonchev–Trinajstić information content (AvgIpc) is 2.72. The topological polar surface area (TPSA) is 92.0 Å². The van der Waals surface area contributed by atoms with Gasteiger partial charge in [0.2, 0.25) is 5.95 Å². The summed E-state index contributed by atoms with van der Waals surface area (Å²) >= 11 is 0. The molecule has 0 fully saturated rings. The fraction of sp³-hybridized carbons (Fsp3) is 0.300. The number of hydrogen-bond donors (Lipinski definition) is 1. The van der Waals surface area contributed by atoms with Crippen LogP contribution in [0, 0.1) is 0 Å². The van der Waals surface area contributed by atoms with Crippen molar-refractivity contribution in [3.8, 4) is 23.0 Å². The molecule has 0 saturated heterocycles. The number of rotatable bonds is 8. The third kappa shape index (κ3) is 3.95. The molecule has 0 amide bonds. The van der Waals surface area contributed by atoms with Gasteiger partial charge in [0, 0.05) is 18.5 Å². The molecule has 28 heavy (non-hydrogen) atoms. The Morgan fingerprint density at radius 3 is 2.21 bits per heavy atom. The number of anilines is 2. The van der Waals surface area contributed by atoms with E-state index in [4.69, 9.17) is 24.7 Å². The standard InChI is InChI=1S/C20H24N4O4/c1-24(9-10-28-16-8-6-5-7-15(16)25-2)20-22-14-12-18(27-4)17(26-3)11-13(14)19(21)23-20/h5-8,11-12H,9-10H2,1-4H3,(H2,21,22,23). The number of para-hydroxylation sites is 2. The maximum absolute atomic E-state index is 6.15. The highest BCUT2D eigenvalue weighted by molar-refractivity contribution is 5.91. The molecule has 0 aliphatic heterocycles. The number of methoxy groups -OCH3 is 3. The minimum Gasteiger partial charge on any atom is -0.493 e. The summed E-state index contributed by atoms with van der Waals surface area (Å²) < 4.78 is 21.8. The van der Waals surface area contributed by atoms with Gasteiger partial charge in [0.15, 0.2) is 23.0 Å². The zero-order valence-electron chi connectivity index (χ0n) is 16.4. The lowest BCUT2D eigenvalue weighted by Crippen LogP contribution is -2.26. The summed E-state index contributed by atoms with van der Waals surface area (Å²) in [6, 6.07) is 11.1. The largest absolute Gasteiger partial charge is 0.493 e. The molecule has 3 aromatic rings. The molecule has 3 rings (SSSR count). The van der Waals surface area contributed by atoms with E-state index in [0.29, 0.717) is 58.8 Å². The molecule has 0 spiro atoms. The highest BCUT2D eigenvalue weighted by Gasteiger charge is 2.14. The van der Waals surface area contributed by atoms with Crippen molar-refractivity contribution in [1.29, 1.82) is 0 Å². The first-order valence-corrected chi connectivity index (χ1v) is 8.73. The summed E-state index contributed by atoms with van der Waals surface area (Å²) in [5, 5.41) is 0.708. The second-order valence-corrected chi connectivity index (χ2v) is 6.05. The molecule has 1 aromatic heterocycles. The van der Waals surface area contributed by atoms with Crippen LogP contribution in [0.2, 0.25) is 0 Å². The van der Waals surface area contributed by atoms with E-state index in [0.717, 1.165) is 0 Å². The fourth-order valence-corrected chi connectivity index (χ4v) is 2.77. The quantitative estimate of drug-likeness (QED) is 0.634. The Morgan fingerprint density at radius 2 is 1.54 bits per heavy atom. The van der Waals surface area contributed by atoms with Crippen LogP contribution in [-0.2, 0) is 0 Å². The van der Waals surface area contributed by atoms with E-state index in [9.17, 15) is 0 Å². The van der Waals surface area contributed by atoms with E-state index in [-0.39, 0.29) is 0 Å². The first-order chi connectivity index (χ1) is 13.6. The van der Waals surface area contributed by atoms with Gasteiger partial charge < -0.3 is 29.6 Å². The number of nitrogens with zero attached hydrogens (tertiary/aromatic N) is 3. The second-order valence-electron chi connectivity index (χ2n) is 6.05. The monoisotopic (exact) mass is 384 g/mol. The minimum absolute atomic E-state index is 0.374. The Morgan fingerprint density at radius 1 is 0.893 bits per heavy atom. The average molecular weight is 384 g/mol. The van der Waals surface area contributed by atoms with Gasteiger partial charge in [0.25, 0.3) is 0 Å². The van der Waals surface area contributed by atoms with Gasteiger partial charge in [-0.15, -0.1) is 0 Å². The molecule has 148 valence electrons. The van der Waals surface area contributed by atoms with Gasteiger partial charge in [0.05, 0.1) is 33.4 Å². The van der Waals surface area contributed by atoms with Gasteiger partial charge >= 0.3 is 0 Å². The van der Waals surface area contributed by atoms with Gasteiger partial charge in [-0.1, -0.05) is 12.1 Å². The maximum Gasteiger partial charge on any atom is 0.227 e. The van der Waals surface area contributed by atoms with Crippen molar-refractivity contribution >= 4 is 22.7 Å². The van der Waals surface area contributed by atoms with Crippen LogP contribution in [0.4, 0.5) is 11.8 Å². The normalized spacial score (nSPS) is 10.6. The van der Waals surface area contributed by atoms with Crippen LogP contribution in [0.15, 0.2) is 36.4 Å². The van der Waals surface area contributed by atoms with Crippen LogP contribution in [0.25, 0.3) is 10.9 Å². The van der Waals surface area contributed by atoms with Crippen molar-refractivity contribution in [3.63, 3.8) is 0 Å². The summed E-state index contributed by atoms with van der Waals surface area (Å²) in [5.41, 5.74) is 6.82. The molecule has 2 aromatic carbocycles. The maximum atomic E-state index is 6.15. The van der Waals surface area contributed by atoms with Crippen molar-refractivity contribution in [2.75, 3.05) is 52.2 Å². The van der Waals surface area contributed by atoms with Crippen LogP contribution < -0.4 is 29.6 Å². The highest BCUT2D eigenvalue weighted by atomic mass is 16.5. The van der Waals surface area contributed by atoms with Crippen molar-refractivity contribution in [2.24, 2.45) is 0 Å². The van der Waals surface area contributed by atoms with Crippen molar-refractivity contribution in [3.05, 3.63) is 36.4 Å². The number of hydrogen-bond acceptors (Lipinski definition) is 8. The second kappa shape index (κ2) is 8.51. The van der Waals surface area contributed by atoms with Crippen LogP contribution in [0.3, 0.4) is 0 Å². The van der Waals surface area contributed by atoms with Crippen LogP contribution in [0.5, 0.6) is 23.0 Å². The van der Waals surface area contributed by atoms with E-state index < -0.39 is 0 Å². The lowest BCUT2D eigenvalue weighted by molar-refractivity contribution is 0.300. The molecule has 0 bridgehead atoms. The molecule has 1 heterocycles. The number of nitrogens with two attached hydrogens (primary N) is 1. The molecule has 2 N–H and O–H groups in total. The molecule has 0 atom stereocenters.